The van der Waals surface area contributed by atoms with Gasteiger partial charge in [0, 0.05) is 14.0 Å². The van der Waals surface area contributed by atoms with Gasteiger partial charge in [0.1, 0.15) is 17.7 Å². The van der Waals surface area contributed by atoms with Crippen LogP contribution in [-0.2, 0) is 0 Å². The highest BCUT2D eigenvalue weighted by atomic mass is 19.1. The van der Waals surface area contributed by atoms with Crippen molar-refractivity contribution in [3.8, 4) is 5.75 Å². The molecule has 3 heteroatoms. The number of nitrogens with one attached hydrogen (secondary N) is 1. The van der Waals surface area contributed by atoms with E-state index in [1.54, 1.807) is 0 Å². The third kappa shape index (κ3) is 4.30. The Labute approximate surface area is 91.9 Å². The molecule has 1 atom stereocenters. The lowest BCUT2D eigenvalue weighted by molar-refractivity contribution is 0.217. The van der Waals surface area contributed by atoms with E-state index in [4.69, 9.17) is 4.74 Å². The highest BCUT2D eigenvalue weighted by Crippen LogP contribution is 2.16. The summed E-state index contributed by atoms with van der Waals surface area (Å²) in [4.78, 5) is 0. The minimum Gasteiger partial charge on any atom is -0.489 e. The van der Waals surface area contributed by atoms with Crippen LogP contribution in [0.2, 0.25) is 0 Å². The molecule has 0 saturated heterocycles. The van der Waals surface area contributed by atoms with E-state index in [-0.39, 0.29) is 13.3 Å². The van der Waals surface area contributed by atoms with Crippen LogP contribution in [-0.4, -0.2) is 19.2 Å². The maximum absolute atomic E-state index is 13.0. The van der Waals surface area contributed by atoms with Crippen molar-refractivity contribution in [2.45, 2.75) is 26.9 Å². The summed E-state index contributed by atoms with van der Waals surface area (Å²) in [5.74, 6) is 0.346. The number of benzene rings is 1. The monoisotopic (exact) mass is 213 g/mol. The van der Waals surface area contributed by atoms with Crippen LogP contribution in [0.15, 0.2) is 18.2 Å². The predicted molar refractivity (Wildman–Crippen MR) is 61.9 cm³/mol. The summed E-state index contributed by atoms with van der Waals surface area (Å²) < 4.78 is 18.6. The van der Waals surface area contributed by atoms with Crippen molar-refractivity contribution in [2.75, 3.05) is 13.1 Å². The molecule has 1 aromatic rings. The molecule has 0 spiro atoms. The van der Waals surface area contributed by atoms with Gasteiger partial charge in [-0.1, -0.05) is 6.92 Å². The van der Waals surface area contributed by atoms with Gasteiger partial charge in [-0.15, -0.1) is 0 Å². The highest BCUT2D eigenvalue weighted by Gasteiger charge is 2.04. The van der Waals surface area contributed by atoms with E-state index in [9.17, 15) is 4.39 Å². The quantitative estimate of drug-likeness (QED) is 0.812. The summed E-state index contributed by atoms with van der Waals surface area (Å²) >= 11 is 0. The second-order valence-corrected chi connectivity index (χ2v) is 3.70. The molecule has 0 heterocycles. The summed E-state index contributed by atoms with van der Waals surface area (Å²) in [5, 5.41) is 3.18. The van der Waals surface area contributed by atoms with Crippen LogP contribution in [0.25, 0.3) is 0 Å². The molecular weight excluding hydrogens is 193 g/mol. The molecule has 0 unspecified atom stereocenters. The Morgan fingerprint density at radius 2 is 2.20 bits per heavy atom. The van der Waals surface area contributed by atoms with Gasteiger partial charge in [-0.2, -0.15) is 0 Å². The number of likely N-dealkylation sites (N-methyl/N-ethyl adjacent to an activating group) is 1. The van der Waals surface area contributed by atoms with Crippen LogP contribution >= 0.6 is 0 Å². The number of ether oxygens (including phenoxy) is 1. The fourth-order valence-corrected chi connectivity index (χ4v) is 1.39. The normalized spacial score (nSPS) is 12.5. The first-order valence-electron chi connectivity index (χ1n) is 5.26. The molecule has 86 valence electrons. The Balaban J connectivity index is 0.00000225. The highest BCUT2D eigenvalue weighted by molar-refractivity contribution is 5.28. The van der Waals surface area contributed by atoms with Gasteiger partial charge >= 0.3 is 0 Å². The van der Waals surface area contributed by atoms with Gasteiger partial charge in [-0.05, 0) is 38.1 Å². The summed E-state index contributed by atoms with van der Waals surface area (Å²) in [5.41, 5.74) is 0.876. The molecule has 0 aliphatic rings. The molecule has 1 rings (SSSR count). The molecule has 0 amide bonds. The number of hydrogen-bond acceptors (Lipinski definition) is 2. The smallest absolute Gasteiger partial charge is 0.127 e. The Morgan fingerprint density at radius 1 is 1.47 bits per heavy atom. The topological polar surface area (TPSA) is 21.3 Å². The van der Waals surface area contributed by atoms with Gasteiger partial charge in [-0.3, -0.25) is 0 Å². The van der Waals surface area contributed by atoms with E-state index < -0.39 is 0 Å². The van der Waals surface area contributed by atoms with Crippen LogP contribution in [0, 0.1) is 12.7 Å². The van der Waals surface area contributed by atoms with Gasteiger partial charge in [0.2, 0.25) is 0 Å². The Bertz CT molecular complexity index is 300. The van der Waals surface area contributed by atoms with Crippen LogP contribution in [0.3, 0.4) is 0 Å². The fraction of sp³-hybridized carbons (Fsp3) is 0.500. The molecule has 2 nitrogen and oxygen atoms in total. The molecule has 1 aromatic carbocycles. The van der Waals surface area contributed by atoms with E-state index in [0.717, 1.165) is 18.7 Å². The zero-order valence-corrected chi connectivity index (χ0v) is 9.51. The number of rotatable bonds is 5. The third-order valence-corrected chi connectivity index (χ3v) is 2.03. The molecule has 0 saturated carbocycles. The largest absolute Gasteiger partial charge is 0.489 e. The molecule has 0 aromatic heterocycles. The predicted octanol–water partition coefficient (Wildman–Crippen LogP) is 2.76. The zero-order chi connectivity index (χ0) is 11.3. The lowest BCUT2D eigenvalue weighted by Crippen LogP contribution is -2.28. The van der Waals surface area contributed by atoms with E-state index in [2.05, 4.69) is 5.32 Å². The Hall–Kier alpha value is -1.09. The van der Waals surface area contributed by atoms with E-state index >= 15 is 0 Å². The second-order valence-electron chi connectivity index (χ2n) is 3.70. The molecule has 15 heavy (non-hydrogen) atoms. The molecular formula is C12H20FNO. The molecule has 0 aliphatic carbocycles. The van der Waals surface area contributed by atoms with Crippen LogP contribution in [0.1, 0.15) is 20.8 Å². The van der Waals surface area contributed by atoms with Gasteiger partial charge in [-0.25, -0.2) is 4.39 Å². The maximum atomic E-state index is 13.0. The number of aryl methyl sites for hydroxylation is 1. The first-order chi connectivity index (χ1) is 7.11. The van der Waals surface area contributed by atoms with Crippen molar-refractivity contribution in [2.24, 2.45) is 0 Å². The lowest BCUT2D eigenvalue weighted by atomic mass is 10.2. The van der Waals surface area contributed by atoms with Crippen molar-refractivity contribution >= 4 is 0 Å². The van der Waals surface area contributed by atoms with Gasteiger partial charge in [0.05, 0.1) is 0 Å². The van der Waals surface area contributed by atoms with Crippen molar-refractivity contribution in [1.29, 1.82) is 0 Å². The summed E-state index contributed by atoms with van der Waals surface area (Å²) in [6, 6.07) is 4.74. The minimum absolute atomic E-state index is 0. The first kappa shape index (κ1) is 12.0. The van der Waals surface area contributed by atoms with Crippen LogP contribution < -0.4 is 10.1 Å². The van der Waals surface area contributed by atoms with Crippen LogP contribution in [0.5, 0.6) is 5.75 Å². The van der Waals surface area contributed by atoms with E-state index in [0.29, 0.717) is 5.75 Å². The van der Waals surface area contributed by atoms with Crippen molar-refractivity contribution in [3.05, 3.63) is 29.6 Å². The van der Waals surface area contributed by atoms with Gasteiger partial charge in [0.15, 0.2) is 0 Å². The summed E-state index contributed by atoms with van der Waals surface area (Å²) in [6.07, 6.45) is 0.0474. The zero-order valence-electron chi connectivity index (χ0n) is 9.51. The van der Waals surface area contributed by atoms with Crippen molar-refractivity contribution < 1.29 is 10.6 Å². The van der Waals surface area contributed by atoms with Gasteiger partial charge in [0.25, 0.3) is 0 Å². The first-order valence-corrected chi connectivity index (χ1v) is 5.26. The number of hydrogen-bond donors (Lipinski definition) is 1. The fourth-order valence-electron chi connectivity index (χ4n) is 1.39. The van der Waals surface area contributed by atoms with E-state index in [1.165, 1.54) is 12.1 Å². The molecule has 0 aliphatic heterocycles. The minimum atomic E-state index is -0.249. The Morgan fingerprint density at radius 3 is 2.80 bits per heavy atom. The standard InChI is InChI=1S/C12H18FNO.H2/c1-4-14-8-10(3)15-12-6-9(2)5-11(13)7-12;/h5-7,10,14H,4,8H2,1-3H3;1H/t10-;/m0./s1. The Kier molecular flexibility index (Phi) is 4.56. The third-order valence-electron chi connectivity index (χ3n) is 2.03. The van der Waals surface area contributed by atoms with Crippen LogP contribution in [0.4, 0.5) is 4.39 Å². The molecule has 0 radical (unpaired) electrons. The molecule has 0 fully saturated rings. The average Bonchev–Trinajstić information content (AvgIpc) is 2.13. The maximum Gasteiger partial charge on any atom is 0.127 e. The number of halogens is 1. The molecule has 1 N–H and O–H groups in total. The van der Waals surface area contributed by atoms with Crippen molar-refractivity contribution in [3.63, 3.8) is 0 Å². The second kappa shape index (κ2) is 5.71. The lowest BCUT2D eigenvalue weighted by Gasteiger charge is -2.15. The van der Waals surface area contributed by atoms with Crippen molar-refractivity contribution in [1.82, 2.24) is 5.32 Å². The SMILES string of the molecule is CCNC[C@H](C)Oc1cc(C)cc(F)c1.[HH]. The summed E-state index contributed by atoms with van der Waals surface area (Å²) in [7, 11) is 0. The summed E-state index contributed by atoms with van der Waals surface area (Å²) in [6.45, 7) is 7.54. The molecule has 0 bridgehead atoms. The van der Waals surface area contributed by atoms with E-state index in [1.807, 2.05) is 26.8 Å². The van der Waals surface area contributed by atoms with Gasteiger partial charge < -0.3 is 10.1 Å². The average molecular weight is 213 g/mol.